The van der Waals surface area contributed by atoms with Gasteiger partial charge in [0.15, 0.2) is 0 Å². The Morgan fingerprint density at radius 3 is 3.25 bits per heavy atom. The molecule has 12 heavy (non-hydrogen) atoms. The third-order valence-electron chi connectivity index (χ3n) is 1.60. The maximum atomic E-state index is 5.30. The van der Waals surface area contributed by atoms with Crippen molar-refractivity contribution in [1.82, 2.24) is 0 Å². The number of hydrogen-bond donors (Lipinski definition) is 0. The molecule has 0 aromatic heterocycles. The van der Waals surface area contributed by atoms with Gasteiger partial charge in [0.05, 0.1) is 12.8 Å². The van der Waals surface area contributed by atoms with Crippen LogP contribution < -0.4 is 0 Å². The van der Waals surface area contributed by atoms with E-state index in [1.807, 2.05) is 19.2 Å². The Bertz CT molecular complexity index is 206. The van der Waals surface area contributed by atoms with Crippen LogP contribution in [-0.4, -0.2) is 18.9 Å². The highest BCUT2D eigenvalue weighted by molar-refractivity contribution is 5.63. The molecular weight excluding hydrogens is 150 g/mol. The summed E-state index contributed by atoms with van der Waals surface area (Å²) >= 11 is 0. The molecule has 0 radical (unpaired) electrons. The van der Waals surface area contributed by atoms with Crippen molar-refractivity contribution in [3.63, 3.8) is 0 Å². The minimum Gasteiger partial charge on any atom is -0.493 e. The minimum absolute atomic E-state index is 0.175. The van der Waals surface area contributed by atoms with Gasteiger partial charge in [-0.2, -0.15) is 0 Å². The number of aliphatic imine (C=N–C) groups is 1. The van der Waals surface area contributed by atoms with Crippen molar-refractivity contribution in [2.75, 3.05) is 6.54 Å². The summed E-state index contributed by atoms with van der Waals surface area (Å²) in [6, 6.07) is 0. The second-order valence-corrected chi connectivity index (χ2v) is 3.07. The van der Waals surface area contributed by atoms with Crippen LogP contribution in [0.2, 0.25) is 0 Å². The molecule has 0 amide bonds. The van der Waals surface area contributed by atoms with Gasteiger partial charge >= 0.3 is 0 Å². The van der Waals surface area contributed by atoms with Crippen molar-refractivity contribution in [1.29, 1.82) is 0 Å². The average Bonchev–Trinajstić information content (AvgIpc) is 2.05. The fourth-order valence-electron chi connectivity index (χ4n) is 0.989. The van der Waals surface area contributed by atoms with Gasteiger partial charge in [-0.15, -0.1) is 0 Å². The van der Waals surface area contributed by atoms with Gasteiger partial charge in [-0.1, -0.05) is 12.2 Å². The highest BCUT2D eigenvalue weighted by atomic mass is 16.5. The summed E-state index contributed by atoms with van der Waals surface area (Å²) in [5.74, 6) is 0. The van der Waals surface area contributed by atoms with Gasteiger partial charge in [0, 0.05) is 6.21 Å². The zero-order valence-electron chi connectivity index (χ0n) is 7.49. The normalized spacial score (nSPS) is 22.6. The van der Waals surface area contributed by atoms with Gasteiger partial charge in [-0.05, 0) is 25.8 Å². The van der Waals surface area contributed by atoms with Crippen molar-refractivity contribution < 1.29 is 4.74 Å². The summed E-state index contributed by atoms with van der Waals surface area (Å²) < 4.78 is 5.30. The highest BCUT2D eigenvalue weighted by Crippen LogP contribution is 2.07. The first kappa shape index (κ1) is 9.04. The number of rotatable bonds is 3. The van der Waals surface area contributed by atoms with Gasteiger partial charge in [-0.3, -0.25) is 4.99 Å². The predicted octanol–water partition coefficient (Wildman–Crippen LogP) is 2.33. The van der Waals surface area contributed by atoms with E-state index in [2.05, 4.69) is 11.6 Å². The molecule has 1 aliphatic heterocycles. The van der Waals surface area contributed by atoms with Crippen molar-refractivity contribution in [3.05, 3.63) is 24.5 Å². The summed E-state index contributed by atoms with van der Waals surface area (Å²) in [5.41, 5.74) is 1.08. The van der Waals surface area contributed by atoms with Crippen LogP contribution in [0.4, 0.5) is 0 Å². The second kappa shape index (κ2) is 4.75. The first-order chi connectivity index (χ1) is 5.79. The molecule has 0 spiro atoms. The van der Waals surface area contributed by atoms with Crippen molar-refractivity contribution in [2.45, 2.75) is 25.9 Å². The Labute approximate surface area is 73.6 Å². The maximum absolute atomic E-state index is 5.30. The topological polar surface area (TPSA) is 21.6 Å². The Morgan fingerprint density at radius 2 is 2.67 bits per heavy atom. The van der Waals surface area contributed by atoms with E-state index < -0.39 is 0 Å². The zero-order chi connectivity index (χ0) is 8.81. The van der Waals surface area contributed by atoms with E-state index in [1.54, 1.807) is 6.26 Å². The molecule has 1 rings (SSSR count). The van der Waals surface area contributed by atoms with E-state index in [9.17, 15) is 0 Å². The second-order valence-electron chi connectivity index (χ2n) is 3.07. The molecule has 0 aromatic rings. The fraction of sp³-hybridized carbons (Fsp3) is 0.500. The van der Waals surface area contributed by atoms with Crippen LogP contribution in [0.15, 0.2) is 29.5 Å². The number of ether oxygens (including phenoxy) is 1. The molecule has 0 saturated heterocycles. The fourth-order valence-corrected chi connectivity index (χ4v) is 0.989. The van der Waals surface area contributed by atoms with Gasteiger partial charge < -0.3 is 4.74 Å². The lowest BCUT2D eigenvalue weighted by Gasteiger charge is -2.14. The Balaban J connectivity index is 2.25. The van der Waals surface area contributed by atoms with E-state index in [0.29, 0.717) is 6.54 Å². The summed E-state index contributed by atoms with van der Waals surface area (Å²) in [6.45, 7) is 6.45. The van der Waals surface area contributed by atoms with Crippen LogP contribution in [0, 0.1) is 0 Å². The SMILES string of the molecule is C=C(C)CN=C[C@H]1CCC=CO1. The largest absolute Gasteiger partial charge is 0.493 e. The van der Waals surface area contributed by atoms with Gasteiger partial charge in [0.1, 0.15) is 6.10 Å². The molecule has 0 fully saturated rings. The van der Waals surface area contributed by atoms with Crippen LogP contribution in [0.25, 0.3) is 0 Å². The van der Waals surface area contributed by atoms with Crippen molar-refractivity contribution in [2.24, 2.45) is 4.99 Å². The molecule has 0 saturated carbocycles. The van der Waals surface area contributed by atoms with Crippen LogP contribution in [0.3, 0.4) is 0 Å². The lowest BCUT2D eigenvalue weighted by Crippen LogP contribution is -2.13. The molecular formula is C10H15NO. The Hall–Kier alpha value is -1.05. The maximum Gasteiger partial charge on any atom is 0.133 e. The molecule has 0 aromatic carbocycles. The highest BCUT2D eigenvalue weighted by Gasteiger charge is 2.06. The van der Waals surface area contributed by atoms with Crippen molar-refractivity contribution in [3.8, 4) is 0 Å². The summed E-state index contributed by atoms with van der Waals surface area (Å²) in [6.07, 6.45) is 7.96. The smallest absolute Gasteiger partial charge is 0.133 e. The molecule has 0 N–H and O–H groups in total. The monoisotopic (exact) mass is 165 g/mol. The van der Waals surface area contributed by atoms with E-state index in [-0.39, 0.29) is 6.10 Å². The average molecular weight is 165 g/mol. The molecule has 1 heterocycles. The Kier molecular flexibility index (Phi) is 3.58. The van der Waals surface area contributed by atoms with Crippen LogP contribution in [-0.2, 0) is 4.74 Å². The third-order valence-corrected chi connectivity index (χ3v) is 1.60. The molecule has 2 heteroatoms. The number of nitrogens with zero attached hydrogens (tertiary/aromatic N) is 1. The van der Waals surface area contributed by atoms with E-state index in [1.165, 1.54) is 0 Å². The first-order valence-corrected chi connectivity index (χ1v) is 4.24. The lowest BCUT2D eigenvalue weighted by atomic mass is 10.2. The van der Waals surface area contributed by atoms with E-state index in [0.717, 1.165) is 18.4 Å². The quantitative estimate of drug-likeness (QED) is 0.464. The van der Waals surface area contributed by atoms with Crippen LogP contribution >= 0.6 is 0 Å². The molecule has 1 aliphatic rings. The van der Waals surface area contributed by atoms with Gasteiger partial charge in [0.25, 0.3) is 0 Å². The number of hydrogen-bond acceptors (Lipinski definition) is 2. The minimum atomic E-state index is 0.175. The Morgan fingerprint density at radius 1 is 1.83 bits per heavy atom. The summed E-state index contributed by atoms with van der Waals surface area (Å²) in [4.78, 5) is 4.21. The molecule has 1 atom stereocenters. The molecule has 66 valence electrons. The van der Waals surface area contributed by atoms with Gasteiger partial charge in [0.2, 0.25) is 0 Å². The first-order valence-electron chi connectivity index (χ1n) is 4.24. The van der Waals surface area contributed by atoms with Crippen molar-refractivity contribution >= 4 is 6.21 Å². The van der Waals surface area contributed by atoms with Crippen LogP contribution in [0.5, 0.6) is 0 Å². The van der Waals surface area contributed by atoms with Gasteiger partial charge in [-0.25, -0.2) is 0 Å². The molecule has 0 bridgehead atoms. The standard InChI is InChI=1S/C10H15NO/c1-9(2)7-11-8-10-5-3-4-6-12-10/h4,6,8,10H,1,3,5,7H2,2H3/t10-/m1/s1. The summed E-state index contributed by atoms with van der Waals surface area (Å²) in [5, 5.41) is 0. The summed E-state index contributed by atoms with van der Waals surface area (Å²) in [7, 11) is 0. The molecule has 2 nitrogen and oxygen atoms in total. The van der Waals surface area contributed by atoms with E-state index >= 15 is 0 Å². The van der Waals surface area contributed by atoms with Crippen LogP contribution in [0.1, 0.15) is 19.8 Å². The molecule has 0 aliphatic carbocycles. The lowest BCUT2D eigenvalue weighted by molar-refractivity contribution is 0.185. The third kappa shape index (κ3) is 3.37. The predicted molar refractivity (Wildman–Crippen MR) is 51.4 cm³/mol. The van der Waals surface area contributed by atoms with E-state index in [4.69, 9.17) is 4.74 Å². The molecule has 0 unspecified atom stereocenters. The number of allylic oxidation sites excluding steroid dienone is 1. The zero-order valence-corrected chi connectivity index (χ0v) is 7.49.